The molecule has 0 aromatic heterocycles. The van der Waals surface area contributed by atoms with Crippen LogP contribution in [0, 0.1) is 0 Å². The smallest absolute Gasteiger partial charge is 0.137 e. The zero-order valence-corrected chi connectivity index (χ0v) is 9.06. The molecular weight excluding hydrogens is 281 g/mol. The molecule has 0 aliphatic heterocycles. The maximum Gasteiger partial charge on any atom is 0.137 e. The predicted octanol–water partition coefficient (Wildman–Crippen LogP) is 1.44. The monoisotopic (exact) mass is 291 g/mol. The topological polar surface area (TPSA) is 49.3 Å². The summed E-state index contributed by atoms with van der Waals surface area (Å²) in [6.45, 7) is 0. The van der Waals surface area contributed by atoms with Gasteiger partial charge in [0, 0.05) is 22.9 Å². The first-order chi connectivity index (χ1) is 6.26. The number of benzene rings is 1. The summed E-state index contributed by atoms with van der Waals surface area (Å²) in [4.78, 5) is 10.5. The van der Waals surface area contributed by atoms with Gasteiger partial charge >= 0.3 is 0 Å². The summed E-state index contributed by atoms with van der Waals surface area (Å²) in [5.41, 5.74) is 1.03. The molecule has 0 amide bonds. The Kier molecular flexibility index (Phi) is 4.17. The molecule has 0 aliphatic rings. The van der Waals surface area contributed by atoms with Gasteiger partial charge in [-0.05, 0) is 24.1 Å². The van der Waals surface area contributed by atoms with Crippen molar-refractivity contribution in [1.29, 1.82) is 0 Å². The third kappa shape index (κ3) is 3.31. The third-order valence-electron chi connectivity index (χ3n) is 1.70. The number of aldehydes is 1. The molecule has 0 radical (unpaired) electrons. The zero-order valence-electron chi connectivity index (χ0n) is 6.90. The van der Waals surface area contributed by atoms with Gasteiger partial charge in [-0.15, -0.1) is 0 Å². The van der Waals surface area contributed by atoms with Crippen LogP contribution in [0.15, 0.2) is 24.3 Å². The highest BCUT2D eigenvalue weighted by atomic mass is 127. The Morgan fingerprint density at radius 3 is 2.54 bits per heavy atom. The average molecular weight is 291 g/mol. The van der Waals surface area contributed by atoms with Crippen LogP contribution >= 0.6 is 22.9 Å². The lowest BCUT2D eigenvalue weighted by molar-refractivity contribution is -0.109. The van der Waals surface area contributed by atoms with Gasteiger partial charge in [0.15, 0.2) is 0 Å². The molecule has 3 nitrogen and oxygen atoms in total. The number of halogens is 1. The minimum Gasteiger partial charge on any atom is -0.508 e. The number of phenolic OH excluding ortho intramolecular Hbond substituents is 1. The van der Waals surface area contributed by atoms with Crippen molar-refractivity contribution in [2.24, 2.45) is 0 Å². The number of hydrogen-bond donors (Lipinski definition) is 2. The molecule has 1 rings (SSSR count). The van der Waals surface area contributed by atoms with Crippen LogP contribution in [0.2, 0.25) is 0 Å². The van der Waals surface area contributed by atoms with Crippen LogP contribution < -0.4 is 3.53 Å². The van der Waals surface area contributed by atoms with Crippen molar-refractivity contribution < 1.29 is 9.90 Å². The van der Waals surface area contributed by atoms with E-state index in [1.165, 1.54) is 0 Å². The van der Waals surface area contributed by atoms with E-state index in [0.717, 1.165) is 11.8 Å². The van der Waals surface area contributed by atoms with E-state index < -0.39 is 0 Å². The number of hydrogen-bond acceptors (Lipinski definition) is 3. The van der Waals surface area contributed by atoms with E-state index in [2.05, 4.69) is 3.53 Å². The molecule has 0 unspecified atom stereocenters. The van der Waals surface area contributed by atoms with E-state index in [0.29, 0.717) is 6.42 Å². The Hall–Kier alpha value is -0.620. The second-order valence-electron chi connectivity index (χ2n) is 2.72. The maximum atomic E-state index is 10.5. The molecule has 0 saturated carbocycles. The standard InChI is InChI=1S/C9H10INO2/c10-11-8(6-12)5-7-1-3-9(13)4-2-7/h1-4,6,8,11,13H,5H2/t8-/m0/s1. The first-order valence-electron chi connectivity index (χ1n) is 3.85. The highest BCUT2D eigenvalue weighted by molar-refractivity contribution is 14.1. The lowest BCUT2D eigenvalue weighted by Crippen LogP contribution is -2.24. The number of rotatable bonds is 4. The molecule has 0 bridgehead atoms. The van der Waals surface area contributed by atoms with E-state index in [4.69, 9.17) is 5.11 Å². The van der Waals surface area contributed by atoms with Crippen LogP contribution in [-0.2, 0) is 11.2 Å². The Balaban J connectivity index is 2.63. The van der Waals surface area contributed by atoms with Gasteiger partial charge in [-0.1, -0.05) is 12.1 Å². The van der Waals surface area contributed by atoms with Gasteiger partial charge in [0.1, 0.15) is 12.0 Å². The second kappa shape index (κ2) is 5.18. The minimum atomic E-state index is -0.162. The Morgan fingerprint density at radius 2 is 2.08 bits per heavy atom. The number of aromatic hydroxyl groups is 1. The van der Waals surface area contributed by atoms with Gasteiger partial charge in [0.05, 0.1) is 6.04 Å². The number of nitrogens with one attached hydrogen (secondary N) is 1. The molecule has 4 heteroatoms. The molecule has 13 heavy (non-hydrogen) atoms. The first kappa shape index (κ1) is 10.5. The van der Waals surface area contributed by atoms with Crippen molar-refractivity contribution in [3.63, 3.8) is 0 Å². The molecule has 0 saturated heterocycles. The summed E-state index contributed by atoms with van der Waals surface area (Å²) < 4.78 is 2.85. The predicted molar refractivity (Wildman–Crippen MR) is 58.8 cm³/mol. The highest BCUT2D eigenvalue weighted by Gasteiger charge is 2.05. The van der Waals surface area contributed by atoms with Gasteiger partial charge < -0.3 is 9.90 Å². The van der Waals surface area contributed by atoms with Crippen LogP contribution in [0.3, 0.4) is 0 Å². The Bertz CT molecular complexity index is 273. The molecule has 0 heterocycles. The summed E-state index contributed by atoms with van der Waals surface area (Å²) in [5.74, 6) is 0.244. The molecule has 0 spiro atoms. The van der Waals surface area contributed by atoms with Crippen LogP contribution in [0.5, 0.6) is 5.75 Å². The summed E-state index contributed by atoms with van der Waals surface area (Å²) in [6, 6.07) is 6.68. The van der Waals surface area contributed by atoms with Gasteiger partial charge in [-0.25, -0.2) is 0 Å². The number of carbonyl (C=O) groups excluding carboxylic acids is 1. The summed E-state index contributed by atoms with van der Waals surface area (Å²) in [5, 5.41) is 9.02. The molecule has 0 aliphatic carbocycles. The number of phenols is 1. The van der Waals surface area contributed by atoms with Crippen LogP contribution in [-0.4, -0.2) is 17.4 Å². The van der Waals surface area contributed by atoms with Gasteiger partial charge in [0.2, 0.25) is 0 Å². The Labute approximate surface area is 90.7 Å². The quantitative estimate of drug-likeness (QED) is 0.501. The molecule has 70 valence electrons. The normalized spacial score (nSPS) is 12.4. The largest absolute Gasteiger partial charge is 0.508 e. The number of carbonyl (C=O) groups is 1. The third-order valence-corrected chi connectivity index (χ3v) is 2.50. The van der Waals surface area contributed by atoms with E-state index in [1.807, 2.05) is 22.9 Å². The maximum absolute atomic E-state index is 10.5. The van der Waals surface area contributed by atoms with Crippen LogP contribution in [0.4, 0.5) is 0 Å². The lowest BCUT2D eigenvalue weighted by atomic mass is 10.1. The fraction of sp³-hybridized carbons (Fsp3) is 0.222. The summed E-state index contributed by atoms with van der Waals surface area (Å²) in [6.07, 6.45) is 1.52. The fourth-order valence-corrected chi connectivity index (χ4v) is 1.37. The fourth-order valence-electron chi connectivity index (χ4n) is 0.998. The average Bonchev–Trinajstić information content (AvgIpc) is 2.17. The van der Waals surface area contributed by atoms with Crippen molar-refractivity contribution in [2.45, 2.75) is 12.5 Å². The minimum absolute atomic E-state index is 0.162. The van der Waals surface area contributed by atoms with Crippen molar-refractivity contribution in [2.75, 3.05) is 0 Å². The van der Waals surface area contributed by atoms with Crippen LogP contribution in [0.25, 0.3) is 0 Å². The Morgan fingerprint density at radius 1 is 1.46 bits per heavy atom. The second-order valence-corrected chi connectivity index (χ2v) is 3.35. The van der Waals surface area contributed by atoms with E-state index in [-0.39, 0.29) is 11.8 Å². The highest BCUT2D eigenvalue weighted by Crippen LogP contribution is 2.10. The first-order valence-corrected chi connectivity index (χ1v) is 4.93. The van der Waals surface area contributed by atoms with Gasteiger partial charge in [-0.3, -0.25) is 3.53 Å². The summed E-state index contributed by atoms with van der Waals surface area (Å²) in [7, 11) is 0. The SMILES string of the molecule is O=C[C@H](Cc1ccc(O)cc1)NI. The van der Waals surface area contributed by atoms with E-state index >= 15 is 0 Å². The molecule has 2 N–H and O–H groups in total. The zero-order chi connectivity index (χ0) is 9.68. The molecule has 1 aromatic carbocycles. The van der Waals surface area contributed by atoms with Crippen LogP contribution in [0.1, 0.15) is 5.56 Å². The molecule has 1 atom stereocenters. The molecule has 0 fully saturated rings. The van der Waals surface area contributed by atoms with Crippen molar-refractivity contribution >= 4 is 29.2 Å². The van der Waals surface area contributed by atoms with Crippen molar-refractivity contribution in [1.82, 2.24) is 3.53 Å². The summed E-state index contributed by atoms with van der Waals surface area (Å²) >= 11 is 1.95. The lowest BCUT2D eigenvalue weighted by Gasteiger charge is -2.06. The molecule has 1 aromatic rings. The van der Waals surface area contributed by atoms with Crippen molar-refractivity contribution in [3.8, 4) is 5.75 Å². The molecular formula is C9H10INO2. The van der Waals surface area contributed by atoms with Gasteiger partial charge in [-0.2, -0.15) is 0 Å². The van der Waals surface area contributed by atoms with Crippen molar-refractivity contribution in [3.05, 3.63) is 29.8 Å². The van der Waals surface area contributed by atoms with E-state index in [9.17, 15) is 4.79 Å². The van der Waals surface area contributed by atoms with Gasteiger partial charge in [0.25, 0.3) is 0 Å². The van der Waals surface area contributed by atoms with E-state index in [1.54, 1.807) is 24.3 Å².